The van der Waals surface area contributed by atoms with Gasteiger partial charge >= 0.3 is 7.12 Å². The number of hydrogen-bond donors (Lipinski definition) is 1. The van der Waals surface area contributed by atoms with Crippen LogP contribution in [-0.4, -0.2) is 74.0 Å². The van der Waals surface area contributed by atoms with Gasteiger partial charge in [-0.05, 0) is 92.3 Å². The molecule has 9 nitrogen and oxygen atoms in total. The number of nitrogens with one attached hydrogen (secondary N) is 1. The number of carbonyl (C=O) groups is 2. The average Bonchev–Trinajstić information content (AvgIpc) is 3.21. The SMILES string of the molecule is CCC(CF)N(NC(=O)c1ccc(B2OC(C)(C)C(C)(C)O2)c(OCCOC2CCCCO2)c1C)C(=O)c1cc(C)cc(C)c1. The van der Waals surface area contributed by atoms with E-state index in [4.69, 9.17) is 23.5 Å². The van der Waals surface area contributed by atoms with Crippen LogP contribution in [0.3, 0.4) is 0 Å². The topological polar surface area (TPSA) is 95.6 Å². The molecule has 0 radical (unpaired) electrons. The molecular weight excluding hydrogens is 578 g/mol. The van der Waals surface area contributed by atoms with Gasteiger partial charge in [-0.15, -0.1) is 0 Å². The van der Waals surface area contributed by atoms with Gasteiger partial charge in [0.1, 0.15) is 19.0 Å². The molecule has 2 amide bonds. The minimum absolute atomic E-state index is 0.204. The summed E-state index contributed by atoms with van der Waals surface area (Å²) in [5.41, 5.74) is 5.14. The molecule has 246 valence electrons. The fourth-order valence-electron chi connectivity index (χ4n) is 5.55. The van der Waals surface area contributed by atoms with Crippen molar-refractivity contribution in [2.75, 3.05) is 26.5 Å². The van der Waals surface area contributed by atoms with Crippen LogP contribution in [0.5, 0.6) is 5.75 Å². The molecule has 2 fully saturated rings. The largest absolute Gasteiger partial charge is 0.498 e. The number of halogens is 1. The first-order chi connectivity index (χ1) is 21.3. The van der Waals surface area contributed by atoms with E-state index in [9.17, 15) is 14.0 Å². The predicted octanol–water partition coefficient (Wildman–Crippen LogP) is 5.37. The van der Waals surface area contributed by atoms with E-state index < -0.39 is 42.9 Å². The second kappa shape index (κ2) is 14.6. The van der Waals surface area contributed by atoms with E-state index in [1.807, 2.05) is 47.6 Å². The molecular formula is C34H48BFN2O7. The molecule has 11 heteroatoms. The van der Waals surface area contributed by atoms with Crippen LogP contribution in [0.15, 0.2) is 30.3 Å². The van der Waals surface area contributed by atoms with Crippen LogP contribution in [-0.2, 0) is 18.8 Å². The van der Waals surface area contributed by atoms with Crippen LogP contribution in [0.4, 0.5) is 4.39 Å². The Balaban J connectivity index is 1.62. The summed E-state index contributed by atoms with van der Waals surface area (Å²) in [7, 11) is -0.734. The predicted molar refractivity (Wildman–Crippen MR) is 172 cm³/mol. The third kappa shape index (κ3) is 8.06. The summed E-state index contributed by atoms with van der Waals surface area (Å²) in [6.45, 7) is 15.6. The van der Waals surface area contributed by atoms with Gasteiger partial charge in [0.2, 0.25) is 0 Å². The fraction of sp³-hybridized carbons (Fsp3) is 0.588. The highest BCUT2D eigenvalue weighted by Crippen LogP contribution is 2.38. The summed E-state index contributed by atoms with van der Waals surface area (Å²) in [4.78, 5) is 27.5. The molecule has 2 unspecified atom stereocenters. The Morgan fingerprint density at radius 2 is 1.71 bits per heavy atom. The third-order valence-corrected chi connectivity index (χ3v) is 8.88. The lowest BCUT2D eigenvalue weighted by Gasteiger charge is -2.32. The number of carbonyl (C=O) groups excluding carboxylic acids is 2. The van der Waals surface area contributed by atoms with Gasteiger partial charge in [-0.3, -0.25) is 15.0 Å². The zero-order valence-corrected chi connectivity index (χ0v) is 28.0. The van der Waals surface area contributed by atoms with Crippen molar-refractivity contribution in [3.05, 3.63) is 58.1 Å². The highest BCUT2D eigenvalue weighted by atomic mass is 19.1. The molecule has 4 rings (SSSR count). The van der Waals surface area contributed by atoms with Crippen LogP contribution in [0.25, 0.3) is 0 Å². The number of alkyl halides is 1. The number of hydrogen-bond acceptors (Lipinski definition) is 7. The van der Waals surface area contributed by atoms with Crippen LogP contribution < -0.4 is 15.6 Å². The quantitative estimate of drug-likeness (QED) is 0.204. The molecule has 0 aromatic heterocycles. The molecule has 2 aromatic carbocycles. The van der Waals surface area contributed by atoms with Crippen LogP contribution >= 0.6 is 0 Å². The van der Waals surface area contributed by atoms with Crippen molar-refractivity contribution < 1.29 is 37.5 Å². The van der Waals surface area contributed by atoms with Crippen LogP contribution in [0.1, 0.15) is 97.7 Å². The van der Waals surface area contributed by atoms with Gasteiger partial charge in [-0.25, -0.2) is 9.40 Å². The van der Waals surface area contributed by atoms with Crippen molar-refractivity contribution >= 4 is 24.4 Å². The molecule has 2 aromatic rings. The molecule has 0 saturated carbocycles. The summed E-state index contributed by atoms with van der Waals surface area (Å²) in [6.07, 6.45) is 2.97. The first-order valence-electron chi connectivity index (χ1n) is 15.9. The number of hydrazine groups is 1. The van der Waals surface area contributed by atoms with Gasteiger partial charge < -0.3 is 23.5 Å². The average molecular weight is 627 g/mol. The fourth-order valence-corrected chi connectivity index (χ4v) is 5.55. The molecule has 2 saturated heterocycles. The van der Waals surface area contributed by atoms with Gasteiger partial charge in [-0.1, -0.05) is 30.2 Å². The zero-order valence-electron chi connectivity index (χ0n) is 28.0. The lowest BCUT2D eigenvalue weighted by Crippen LogP contribution is -2.53. The van der Waals surface area contributed by atoms with E-state index in [1.54, 1.807) is 38.1 Å². The van der Waals surface area contributed by atoms with Crippen molar-refractivity contribution in [3.8, 4) is 5.75 Å². The smallest absolute Gasteiger partial charge is 0.491 e. The van der Waals surface area contributed by atoms with E-state index in [0.717, 1.165) is 35.4 Å². The summed E-state index contributed by atoms with van der Waals surface area (Å²) in [5.74, 6) is -0.613. The lowest BCUT2D eigenvalue weighted by atomic mass is 9.76. The van der Waals surface area contributed by atoms with Gasteiger partial charge in [-0.2, -0.15) is 0 Å². The molecule has 2 atom stereocenters. The maximum absolute atomic E-state index is 14.2. The first-order valence-corrected chi connectivity index (χ1v) is 15.9. The lowest BCUT2D eigenvalue weighted by molar-refractivity contribution is -0.165. The molecule has 1 N–H and O–H groups in total. The van der Waals surface area contributed by atoms with E-state index in [1.165, 1.54) is 0 Å². The van der Waals surface area contributed by atoms with Crippen molar-refractivity contribution in [1.29, 1.82) is 0 Å². The first kappa shape index (κ1) is 34.9. The highest BCUT2D eigenvalue weighted by Gasteiger charge is 2.52. The van der Waals surface area contributed by atoms with Gasteiger partial charge in [0.05, 0.1) is 23.9 Å². The van der Waals surface area contributed by atoms with Crippen molar-refractivity contribution in [2.24, 2.45) is 0 Å². The summed E-state index contributed by atoms with van der Waals surface area (Å²) >= 11 is 0. The van der Waals surface area contributed by atoms with E-state index in [2.05, 4.69) is 5.43 Å². The maximum atomic E-state index is 14.2. The highest BCUT2D eigenvalue weighted by molar-refractivity contribution is 6.63. The number of benzene rings is 2. The van der Waals surface area contributed by atoms with Crippen LogP contribution in [0.2, 0.25) is 0 Å². The van der Waals surface area contributed by atoms with Crippen molar-refractivity contribution in [2.45, 2.75) is 105 Å². The van der Waals surface area contributed by atoms with E-state index >= 15 is 0 Å². The van der Waals surface area contributed by atoms with E-state index in [0.29, 0.717) is 35.4 Å². The van der Waals surface area contributed by atoms with Gasteiger partial charge in [0, 0.05) is 28.8 Å². The number of amides is 2. The summed E-state index contributed by atoms with van der Waals surface area (Å²) in [5, 5.41) is 1.11. The third-order valence-electron chi connectivity index (χ3n) is 8.88. The Morgan fingerprint density at radius 1 is 1.04 bits per heavy atom. The van der Waals surface area contributed by atoms with Gasteiger partial charge in [0.25, 0.3) is 11.8 Å². The van der Waals surface area contributed by atoms with E-state index in [-0.39, 0.29) is 25.1 Å². The maximum Gasteiger partial charge on any atom is 0.498 e. The number of nitrogens with zero attached hydrogens (tertiary/aromatic N) is 1. The van der Waals surface area contributed by atoms with Gasteiger partial charge in [0.15, 0.2) is 6.29 Å². The number of aryl methyl sites for hydroxylation is 2. The Kier molecular flexibility index (Phi) is 11.3. The molecule has 0 spiro atoms. The number of rotatable bonds is 11. The summed E-state index contributed by atoms with van der Waals surface area (Å²) in [6, 6.07) is 7.97. The minimum atomic E-state index is -0.846. The number of ether oxygens (including phenoxy) is 3. The monoisotopic (exact) mass is 626 g/mol. The minimum Gasteiger partial charge on any atom is -0.491 e. The normalized spacial score (nSPS) is 19.7. The van der Waals surface area contributed by atoms with Crippen molar-refractivity contribution in [3.63, 3.8) is 0 Å². The Hall–Kier alpha value is -2.99. The molecule has 2 heterocycles. The Labute approximate surface area is 267 Å². The van der Waals surface area contributed by atoms with Crippen molar-refractivity contribution in [1.82, 2.24) is 10.4 Å². The second-order valence-corrected chi connectivity index (χ2v) is 13.0. The molecule has 0 aliphatic carbocycles. The summed E-state index contributed by atoms with van der Waals surface area (Å²) < 4.78 is 44.6. The Morgan fingerprint density at radius 3 is 2.29 bits per heavy atom. The second-order valence-electron chi connectivity index (χ2n) is 13.0. The molecule has 0 bridgehead atoms. The van der Waals surface area contributed by atoms with Crippen LogP contribution in [0, 0.1) is 20.8 Å². The molecule has 45 heavy (non-hydrogen) atoms. The standard InChI is InChI=1S/C34H48BFN2O7/c1-9-26(21-36)38(32(40)25-19-22(2)18-23(3)20-25)37-31(39)27-13-14-28(35-44-33(5,6)34(7,8)45-35)30(24(27)4)43-17-16-42-29-12-10-11-15-41-29/h13-14,18-20,26,29H,9-12,15-17,21H2,1-8H3,(H,37,39). The zero-order chi connectivity index (χ0) is 32.9. The molecule has 2 aliphatic heterocycles. The Bertz CT molecular complexity index is 1320. The molecule has 2 aliphatic rings.